The summed E-state index contributed by atoms with van der Waals surface area (Å²) >= 11 is 5.72. The quantitative estimate of drug-likeness (QED) is 0.517. The molecule has 1 aromatic carbocycles. The summed E-state index contributed by atoms with van der Waals surface area (Å²) in [5, 5.41) is 0. The molecule has 0 atom stereocenters. The van der Waals surface area contributed by atoms with E-state index in [4.69, 9.17) is 11.6 Å². The summed E-state index contributed by atoms with van der Waals surface area (Å²) in [5.41, 5.74) is 1.43. The minimum atomic E-state index is 0.795. The number of nitrogens with zero attached hydrogens (tertiary/aromatic N) is 1. The highest BCUT2D eigenvalue weighted by molar-refractivity contribution is 6.17. The Bertz CT molecular complexity index is 295. The fourth-order valence-corrected chi connectivity index (χ4v) is 2.25. The molecule has 0 unspecified atom stereocenters. The van der Waals surface area contributed by atoms with Gasteiger partial charge in [0.1, 0.15) is 0 Å². The van der Waals surface area contributed by atoms with Gasteiger partial charge in [-0.3, -0.25) is 4.90 Å². The Morgan fingerprint density at radius 2 is 1.88 bits per heavy atom. The molecular weight excluding hydrogens is 218 g/mol. The Balaban J connectivity index is 1.83. The first kappa shape index (κ1) is 11.9. The first-order valence-corrected chi connectivity index (χ1v) is 6.77. The van der Waals surface area contributed by atoms with E-state index in [0.717, 1.165) is 24.9 Å². The highest BCUT2D eigenvalue weighted by atomic mass is 35.5. The highest BCUT2D eigenvalue weighted by Crippen LogP contribution is 2.28. The Morgan fingerprint density at radius 3 is 2.50 bits per heavy atom. The molecular formula is C14H20ClN. The molecule has 0 N–H and O–H groups in total. The van der Waals surface area contributed by atoms with E-state index in [0.29, 0.717) is 0 Å². The Kier molecular flexibility index (Phi) is 4.68. The number of alkyl halides is 1. The molecule has 0 aliphatic heterocycles. The standard InChI is InChI=1S/C14H20ClN/c15-10-4-5-11-16(14-8-9-14)12-13-6-2-1-3-7-13/h1-3,6-7,14H,4-5,8-12H2. The molecule has 0 radical (unpaired) electrons. The first-order valence-electron chi connectivity index (χ1n) is 6.24. The van der Waals surface area contributed by atoms with Crippen LogP contribution < -0.4 is 0 Å². The number of benzene rings is 1. The van der Waals surface area contributed by atoms with Crippen LogP contribution in [0.3, 0.4) is 0 Å². The molecule has 1 nitrogen and oxygen atoms in total. The average Bonchev–Trinajstić information content (AvgIpc) is 3.13. The molecule has 0 saturated heterocycles. The normalized spacial score (nSPS) is 15.6. The number of halogens is 1. The molecule has 1 aliphatic rings. The zero-order chi connectivity index (χ0) is 11.2. The van der Waals surface area contributed by atoms with Gasteiger partial charge in [0.05, 0.1) is 0 Å². The van der Waals surface area contributed by atoms with Crippen molar-refractivity contribution in [3.63, 3.8) is 0 Å². The van der Waals surface area contributed by atoms with E-state index in [1.807, 2.05) is 0 Å². The molecule has 1 aliphatic carbocycles. The molecule has 0 spiro atoms. The lowest BCUT2D eigenvalue weighted by Gasteiger charge is -2.21. The number of rotatable bonds is 7. The van der Waals surface area contributed by atoms with Gasteiger partial charge in [-0.2, -0.15) is 0 Å². The van der Waals surface area contributed by atoms with E-state index in [1.54, 1.807) is 0 Å². The van der Waals surface area contributed by atoms with Crippen LogP contribution in [0, 0.1) is 0 Å². The molecule has 88 valence electrons. The molecule has 0 amide bonds. The van der Waals surface area contributed by atoms with Crippen molar-refractivity contribution in [3.05, 3.63) is 35.9 Å². The third kappa shape index (κ3) is 3.80. The van der Waals surface area contributed by atoms with E-state index in [2.05, 4.69) is 35.2 Å². The lowest BCUT2D eigenvalue weighted by molar-refractivity contribution is 0.251. The van der Waals surface area contributed by atoms with Crippen LogP contribution in [0.4, 0.5) is 0 Å². The SMILES string of the molecule is ClCCCCN(Cc1ccccc1)C1CC1. The summed E-state index contributed by atoms with van der Waals surface area (Å²) in [4.78, 5) is 2.61. The van der Waals surface area contributed by atoms with Crippen LogP contribution in [0.2, 0.25) is 0 Å². The number of unbranched alkanes of at least 4 members (excludes halogenated alkanes) is 1. The van der Waals surface area contributed by atoms with Crippen molar-refractivity contribution in [2.75, 3.05) is 12.4 Å². The largest absolute Gasteiger partial charge is 0.296 e. The second-order valence-electron chi connectivity index (χ2n) is 4.58. The summed E-state index contributed by atoms with van der Waals surface area (Å²) < 4.78 is 0. The van der Waals surface area contributed by atoms with Crippen molar-refractivity contribution in [2.24, 2.45) is 0 Å². The Labute approximate surface area is 103 Å². The van der Waals surface area contributed by atoms with Gasteiger partial charge in [0, 0.05) is 18.5 Å². The number of hydrogen-bond acceptors (Lipinski definition) is 1. The lowest BCUT2D eigenvalue weighted by Crippen LogP contribution is -2.26. The monoisotopic (exact) mass is 237 g/mol. The van der Waals surface area contributed by atoms with Crippen molar-refractivity contribution < 1.29 is 0 Å². The molecule has 16 heavy (non-hydrogen) atoms. The second kappa shape index (κ2) is 6.27. The van der Waals surface area contributed by atoms with E-state index in [9.17, 15) is 0 Å². The van der Waals surface area contributed by atoms with Crippen LogP contribution in [0.5, 0.6) is 0 Å². The predicted molar refractivity (Wildman–Crippen MR) is 69.8 cm³/mol. The minimum absolute atomic E-state index is 0.795. The molecule has 1 aromatic rings. The van der Waals surface area contributed by atoms with Crippen LogP contribution in [0.15, 0.2) is 30.3 Å². The van der Waals surface area contributed by atoms with Gasteiger partial charge in [0.2, 0.25) is 0 Å². The van der Waals surface area contributed by atoms with Gasteiger partial charge in [-0.25, -0.2) is 0 Å². The van der Waals surface area contributed by atoms with Gasteiger partial charge in [0.25, 0.3) is 0 Å². The maximum absolute atomic E-state index is 5.72. The highest BCUT2D eigenvalue weighted by Gasteiger charge is 2.28. The lowest BCUT2D eigenvalue weighted by atomic mass is 10.2. The van der Waals surface area contributed by atoms with Crippen molar-refractivity contribution >= 4 is 11.6 Å². The van der Waals surface area contributed by atoms with Gasteiger partial charge in [-0.1, -0.05) is 30.3 Å². The summed E-state index contributed by atoms with van der Waals surface area (Å²) in [7, 11) is 0. The smallest absolute Gasteiger partial charge is 0.0236 e. The fraction of sp³-hybridized carbons (Fsp3) is 0.571. The third-order valence-electron chi connectivity index (χ3n) is 3.12. The number of hydrogen-bond donors (Lipinski definition) is 0. The topological polar surface area (TPSA) is 3.24 Å². The molecule has 0 aromatic heterocycles. The van der Waals surface area contributed by atoms with Crippen LogP contribution in [0.1, 0.15) is 31.2 Å². The average molecular weight is 238 g/mol. The molecule has 1 saturated carbocycles. The van der Waals surface area contributed by atoms with Crippen LogP contribution >= 0.6 is 11.6 Å². The minimum Gasteiger partial charge on any atom is -0.296 e. The summed E-state index contributed by atoms with van der Waals surface area (Å²) in [5.74, 6) is 0.795. The molecule has 1 fully saturated rings. The van der Waals surface area contributed by atoms with E-state index in [1.165, 1.54) is 31.4 Å². The second-order valence-corrected chi connectivity index (χ2v) is 4.96. The van der Waals surface area contributed by atoms with E-state index < -0.39 is 0 Å². The van der Waals surface area contributed by atoms with E-state index >= 15 is 0 Å². The molecule has 0 heterocycles. The first-order chi connectivity index (χ1) is 7.90. The van der Waals surface area contributed by atoms with Gasteiger partial charge in [-0.05, 0) is 37.8 Å². The summed E-state index contributed by atoms with van der Waals surface area (Å²) in [6.07, 6.45) is 5.13. The van der Waals surface area contributed by atoms with E-state index in [-0.39, 0.29) is 0 Å². The Morgan fingerprint density at radius 1 is 1.12 bits per heavy atom. The van der Waals surface area contributed by atoms with Crippen LogP contribution in [0.25, 0.3) is 0 Å². The zero-order valence-corrected chi connectivity index (χ0v) is 10.5. The van der Waals surface area contributed by atoms with Gasteiger partial charge in [0.15, 0.2) is 0 Å². The summed E-state index contributed by atoms with van der Waals surface area (Å²) in [6, 6.07) is 11.6. The Hall–Kier alpha value is -0.530. The molecule has 2 heteroatoms. The van der Waals surface area contributed by atoms with Crippen molar-refractivity contribution in [2.45, 2.75) is 38.3 Å². The van der Waals surface area contributed by atoms with Gasteiger partial charge >= 0.3 is 0 Å². The van der Waals surface area contributed by atoms with Crippen LogP contribution in [-0.2, 0) is 6.54 Å². The van der Waals surface area contributed by atoms with Gasteiger partial charge in [-0.15, -0.1) is 11.6 Å². The predicted octanol–water partition coefficient (Wildman–Crippen LogP) is 3.67. The molecule has 0 bridgehead atoms. The van der Waals surface area contributed by atoms with Gasteiger partial charge < -0.3 is 0 Å². The van der Waals surface area contributed by atoms with Crippen molar-refractivity contribution in [1.82, 2.24) is 4.90 Å². The van der Waals surface area contributed by atoms with Crippen molar-refractivity contribution in [1.29, 1.82) is 0 Å². The third-order valence-corrected chi connectivity index (χ3v) is 3.39. The maximum atomic E-state index is 5.72. The molecule has 2 rings (SSSR count). The summed E-state index contributed by atoms with van der Waals surface area (Å²) in [6.45, 7) is 2.31. The zero-order valence-electron chi connectivity index (χ0n) is 9.74. The van der Waals surface area contributed by atoms with Crippen LogP contribution in [-0.4, -0.2) is 23.4 Å². The maximum Gasteiger partial charge on any atom is 0.0236 e. The van der Waals surface area contributed by atoms with Crippen molar-refractivity contribution in [3.8, 4) is 0 Å². The fourth-order valence-electron chi connectivity index (χ4n) is 2.06.